The second kappa shape index (κ2) is 6.20. The average molecular weight is 412 g/mol. The Morgan fingerprint density at radius 1 is 1.17 bits per heavy atom. The van der Waals surface area contributed by atoms with Gasteiger partial charge in [-0.3, -0.25) is 4.98 Å². The molecule has 0 N–H and O–H groups in total. The minimum atomic E-state index is -3.01. The zero-order valence-electron chi connectivity index (χ0n) is 17.4. The lowest BCUT2D eigenvalue weighted by atomic mass is 10.1. The summed E-state index contributed by atoms with van der Waals surface area (Å²) < 4.78 is 36.8. The van der Waals surface area contributed by atoms with Crippen molar-refractivity contribution in [3.63, 3.8) is 0 Å². The smallest absolute Gasteiger partial charge is 0.275 e. The third kappa shape index (κ3) is 2.75. The van der Waals surface area contributed by atoms with E-state index in [1.807, 2.05) is 25.3 Å². The zero-order valence-corrected chi connectivity index (χ0v) is 17.4. The summed E-state index contributed by atoms with van der Waals surface area (Å²) in [6, 6.07) is 1.57. The molecule has 0 spiro atoms. The van der Waals surface area contributed by atoms with Crippen LogP contribution in [0.25, 0.3) is 11.3 Å². The molecule has 1 saturated carbocycles. The van der Waals surface area contributed by atoms with Gasteiger partial charge in [0.15, 0.2) is 11.5 Å². The Morgan fingerprint density at radius 2 is 1.93 bits per heavy atom. The molecule has 9 heteroatoms. The molecule has 7 nitrogen and oxygen atoms in total. The molecule has 1 fully saturated rings. The predicted molar refractivity (Wildman–Crippen MR) is 106 cm³/mol. The summed E-state index contributed by atoms with van der Waals surface area (Å²) in [5.41, 5.74) is 4.71. The maximum Gasteiger partial charge on any atom is 0.275 e. The fourth-order valence-electron chi connectivity index (χ4n) is 4.11. The summed E-state index contributed by atoms with van der Waals surface area (Å²) in [5, 5.41) is 4.68. The quantitative estimate of drug-likeness (QED) is 0.505. The van der Waals surface area contributed by atoms with Crippen LogP contribution in [0.5, 0.6) is 5.75 Å². The van der Waals surface area contributed by atoms with E-state index < -0.39 is 5.92 Å². The van der Waals surface area contributed by atoms with Crippen LogP contribution in [0.3, 0.4) is 0 Å². The van der Waals surface area contributed by atoms with Crippen LogP contribution in [0.2, 0.25) is 0 Å². The number of aromatic nitrogens is 6. The van der Waals surface area contributed by atoms with Crippen LogP contribution in [0, 0.1) is 20.8 Å². The van der Waals surface area contributed by atoms with Crippen LogP contribution < -0.4 is 4.74 Å². The van der Waals surface area contributed by atoms with Crippen molar-refractivity contribution < 1.29 is 13.5 Å². The number of halogens is 2. The molecule has 1 aliphatic carbocycles. The number of aryl methyl sites for hydroxylation is 3. The minimum Gasteiger partial charge on any atom is -0.496 e. The van der Waals surface area contributed by atoms with E-state index in [1.54, 1.807) is 16.7 Å². The third-order valence-corrected chi connectivity index (χ3v) is 5.89. The van der Waals surface area contributed by atoms with Gasteiger partial charge in [-0.15, -0.1) is 0 Å². The Labute approximate surface area is 171 Å². The third-order valence-electron chi connectivity index (χ3n) is 5.89. The lowest BCUT2D eigenvalue weighted by Crippen LogP contribution is -2.11. The lowest BCUT2D eigenvalue weighted by molar-refractivity contribution is 0.0146. The maximum atomic E-state index is 14.1. The number of ether oxygens (including phenoxy) is 1. The van der Waals surface area contributed by atoms with Crippen LogP contribution >= 0.6 is 0 Å². The topological polar surface area (TPSA) is 69.6 Å². The lowest BCUT2D eigenvalue weighted by Gasteiger charge is -2.15. The molecule has 0 amide bonds. The molecular weight excluding hydrogens is 390 g/mol. The highest BCUT2D eigenvalue weighted by atomic mass is 19.3. The van der Waals surface area contributed by atoms with Gasteiger partial charge in [0.2, 0.25) is 0 Å². The molecule has 0 aliphatic heterocycles. The molecule has 4 aromatic rings. The molecule has 2 unspecified atom stereocenters. The fraction of sp³-hybridized carbons (Fsp3) is 0.429. The highest BCUT2D eigenvalue weighted by molar-refractivity contribution is 5.54. The van der Waals surface area contributed by atoms with E-state index in [0.29, 0.717) is 5.65 Å². The van der Waals surface area contributed by atoms with Gasteiger partial charge in [-0.05, 0) is 27.2 Å². The van der Waals surface area contributed by atoms with Gasteiger partial charge in [0.1, 0.15) is 11.4 Å². The second-order valence-electron chi connectivity index (χ2n) is 8.09. The van der Waals surface area contributed by atoms with Crippen molar-refractivity contribution in [2.45, 2.75) is 51.9 Å². The van der Waals surface area contributed by atoms with Gasteiger partial charge in [-0.25, -0.2) is 23.3 Å². The zero-order chi connectivity index (χ0) is 21.4. The van der Waals surface area contributed by atoms with E-state index >= 15 is 0 Å². The van der Waals surface area contributed by atoms with Crippen molar-refractivity contribution in [1.82, 2.24) is 29.0 Å². The Kier molecular flexibility index (Phi) is 3.90. The Bertz CT molecular complexity index is 1260. The van der Waals surface area contributed by atoms with Crippen molar-refractivity contribution in [2.75, 3.05) is 7.11 Å². The second-order valence-corrected chi connectivity index (χ2v) is 8.09. The monoisotopic (exact) mass is 412 g/mol. The summed E-state index contributed by atoms with van der Waals surface area (Å²) in [5.74, 6) is -1.79. The van der Waals surface area contributed by atoms with Gasteiger partial charge >= 0.3 is 0 Å². The molecule has 2 atom stereocenters. The fourth-order valence-corrected chi connectivity index (χ4v) is 4.11. The maximum absolute atomic E-state index is 14.1. The first kappa shape index (κ1) is 18.9. The average Bonchev–Trinajstić information content (AvgIpc) is 3.23. The minimum absolute atomic E-state index is 0.138. The Balaban J connectivity index is 1.54. The Hall–Kier alpha value is -3.10. The van der Waals surface area contributed by atoms with Gasteiger partial charge in [0.25, 0.3) is 5.92 Å². The number of nitrogens with zero attached hydrogens (tertiary/aromatic N) is 6. The number of pyridine rings is 1. The number of fused-ring (bicyclic) bond motifs is 2. The number of hydrogen-bond acceptors (Lipinski definition) is 5. The standard InChI is InChI=1S/C21H22F2N6O/c1-10-8-24-11(2)20-26-19(27-29(10)20)14-6-13(14)18-12(3)28-9-15(21(4,22)23)16(30-5)7-17(28)25-18/h7-9,13-14H,6H2,1-5H3. The molecule has 156 valence electrons. The first-order valence-corrected chi connectivity index (χ1v) is 9.82. The van der Waals surface area contributed by atoms with Crippen molar-refractivity contribution in [2.24, 2.45) is 0 Å². The van der Waals surface area contributed by atoms with Crippen LogP contribution in [0.1, 0.15) is 59.3 Å². The van der Waals surface area contributed by atoms with Crippen molar-refractivity contribution >= 4 is 11.3 Å². The van der Waals surface area contributed by atoms with Crippen LogP contribution in [-0.4, -0.2) is 36.1 Å². The van der Waals surface area contributed by atoms with E-state index in [1.165, 1.54) is 13.3 Å². The van der Waals surface area contributed by atoms with E-state index in [2.05, 4.69) is 10.1 Å². The summed E-state index contributed by atoms with van der Waals surface area (Å²) in [7, 11) is 1.39. The highest BCUT2D eigenvalue weighted by Gasteiger charge is 2.45. The van der Waals surface area contributed by atoms with Gasteiger partial charge in [0, 0.05) is 42.9 Å². The molecule has 4 heterocycles. The molecule has 0 saturated heterocycles. The predicted octanol–water partition coefficient (Wildman–Crippen LogP) is 4.09. The van der Waals surface area contributed by atoms with E-state index in [-0.39, 0.29) is 23.1 Å². The van der Waals surface area contributed by atoms with Crippen LogP contribution in [-0.2, 0) is 5.92 Å². The number of alkyl halides is 2. The normalized spacial score (nSPS) is 19.0. The first-order chi connectivity index (χ1) is 14.2. The molecule has 0 radical (unpaired) electrons. The van der Waals surface area contributed by atoms with Gasteiger partial charge in [0.05, 0.1) is 29.8 Å². The molecular formula is C21H22F2N6O. The Morgan fingerprint density at radius 3 is 2.60 bits per heavy atom. The number of rotatable bonds is 4. The number of methoxy groups -OCH3 is 1. The summed E-state index contributed by atoms with van der Waals surface area (Å²) >= 11 is 0. The molecule has 0 aromatic carbocycles. The SMILES string of the molecule is COc1cc2nc(C3CC3c3nc4c(C)ncc(C)n4n3)c(C)n2cc1C(C)(F)F. The molecule has 0 bridgehead atoms. The van der Waals surface area contributed by atoms with Crippen molar-refractivity contribution in [1.29, 1.82) is 0 Å². The highest BCUT2D eigenvalue weighted by Crippen LogP contribution is 2.54. The first-order valence-electron chi connectivity index (χ1n) is 9.82. The van der Waals surface area contributed by atoms with Crippen molar-refractivity contribution in [3.05, 3.63) is 52.6 Å². The van der Waals surface area contributed by atoms with Crippen LogP contribution in [0.4, 0.5) is 8.78 Å². The number of imidazole rings is 1. The molecule has 5 rings (SSSR count). The van der Waals surface area contributed by atoms with E-state index in [9.17, 15) is 8.78 Å². The summed E-state index contributed by atoms with van der Waals surface area (Å²) in [4.78, 5) is 13.8. The van der Waals surface area contributed by atoms with Gasteiger partial charge in [-0.1, -0.05) is 0 Å². The van der Waals surface area contributed by atoms with E-state index in [4.69, 9.17) is 14.7 Å². The summed E-state index contributed by atoms with van der Waals surface area (Å²) in [6.45, 7) is 6.64. The number of hydrogen-bond donors (Lipinski definition) is 0. The van der Waals surface area contributed by atoms with E-state index in [0.717, 1.165) is 47.6 Å². The van der Waals surface area contributed by atoms with Gasteiger partial charge in [-0.2, -0.15) is 5.10 Å². The summed E-state index contributed by atoms with van der Waals surface area (Å²) in [6.07, 6.45) is 4.09. The molecule has 30 heavy (non-hydrogen) atoms. The van der Waals surface area contributed by atoms with Gasteiger partial charge < -0.3 is 9.14 Å². The van der Waals surface area contributed by atoms with Crippen LogP contribution in [0.15, 0.2) is 18.5 Å². The molecule has 1 aliphatic rings. The molecule has 4 aromatic heterocycles. The largest absolute Gasteiger partial charge is 0.496 e. The van der Waals surface area contributed by atoms with Crippen molar-refractivity contribution in [3.8, 4) is 5.75 Å².